The van der Waals surface area contributed by atoms with Crippen LogP contribution in [0.5, 0.6) is 0 Å². The van der Waals surface area contributed by atoms with E-state index in [1.807, 2.05) is 30.0 Å². The molecule has 2 amide bonds. The number of benzene rings is 1. The molecule has 0 saturated carbocycles. The Hall–Kier alpha value is -2.47. The van der Waals surface area contributed by atoms with Crippen LogP contribution in [-0.2, 0) is 16.0 Å². The van der Waals surface area contributed by atoms with E-state index in [-0.39, 0.29) is 17.9 Å². The van der Waals surface area contributed by atoms with Crippen LogP contribution in [0.15, 0.2) is 42.3 Å². The quantitative estimate of drug-likeness (QED) is 0.835. The van der Waals surface area contributed by atoms with Crippen molar-refractivity contribution < 1.29 is 9.59 Å². The largest absolute Gasteiger partial charge is 0.334 e. The second-order valence-corrected chi connectivity index (χ2v) is 7.17. The van der Waals surface area contributed by atoms with Gasteiger partial charge >= 0.3 is 0 Å². The van der Waals surface area contributed by atoms with Crippen molar-refractivity contribution in [2.75, 3.05) is 11.9 Å². The standard InChI is InChI=1S/C19H21N3O2S/c1-3-18(23)21-15-7-4-6-14(10-15)11-19(24)22-9-5-8-17(22)16-12-25-13(2)20-16/h3-4,6-7,10,12,17H,1,5,8-9,11H2,2H3,(H,21,23)/t17-/m1/s1. The maximum Gasteiger partial charge on any atom is 0.247 e. The second kappa shape index (κ2) is 7.61. The molecule has 1 aromatic heterocycles. The highest BCUT2D eigenvalue weighted by atomic mass is 32.1. The highest BCUT2D eigenvalue weighted by Crippen LogP contribution is 2.33. The molecule has 1 aliphatic rings. The van der Waals surface area contributed by atoms with E-state index >= 15 is 0 Å². The van der Waals surface area contributed by atoms with Crippen LogP contribution in [0.25, 0.3) is 0 Å². The first-order valence-corrected chi connectivity index (χ1v) is 9.18. The van der Waals surface area contributed by atoms with E-state index in [1.54, 1.807) is 17.4 Å². The van der Waals surface area contributed by atoms with Crippen LogP contribution < -0.4 is 5.32 Å². The summed E-state index contributed by atoms with van der Waals surface area (Å²) in [5.41, 5.74) is 2.55. The molecule has 1 aromatic carbocycles. The summed E-state index contributed by atoms with van der Waals surface area (Å²) in [5.74, 6) is -0.165. The number of hydrogen-bond acceptors (Lipinski definition) is 4. The lowest BCUT2D eigenvalue weighted by Gasteiger charge is -2.23. The van der Waals surface area contributed by atoms with E-state index in [1.165, 1.54) is 6.08 Å². The molecule has 1 N–H and O–H groups in total. The Bertz CT molecular complexity index is 799. The molecular weight excluding hydrogens is 334 g/mol. The van der Waals surface area contributed by atoms with Crippen molar-refractivity contribution in [1.29, 1.82) is 0 Å². The van der Waals surface area contributed by atoms with Crippen LogP contribution in [0.3, 0.4) is 0 Å². The van der Waals surface area contributed by atoms with Gasteiger partial charge in [0, 0.05) is 17.6 Å². The van der Waals surface area contributed by atoms with Gasteiger partial charge in [0.05, 0.1) is 23.2 Å². The van der Waals surface area contributed by atoms with Crippen molar-refractivity contribution >= 4 is 28.8 Å². The molecular formula is C19H21N3O2S. The van der Waals surface area contributed by atoms with Gasteiger partial charge in [-0.3, -0.25) is 9.59 Å². The smallest absolute Gasteiger partial charge is 0.247 e. The van der Waals surface area contributed by atoms with Gasteiger partial charge < -0.3 is 10.2 Å². The Labute approximate surface area is 151 Å². The molecule has 0 radical (unpaired) electrons. The van der Waals surface area contributed by atoms with Gasteiger partial charge in [-0.2, -0.15) is 0 Å². The summed E-state index contributed by atoms with van der Waals surface area (Å²) in [5, 5.41) is 5.80. The first kappa shape index (κ1) is 17.4. The van der Waals surface area contributed by atoms with Crippen molar-refractivity contribution in [3.63, 3.8) is 0 Å². The number of hydrogen-bond donors (Lipinski definition) is 1. The van der Waals surface area contributed by atoms with Gasteiger partial charge in [0.15, 0.2) is 0 Å². The predicted octanol–water partition coefficient (Wildman–Crippen LogP) is 3.48. The lowest BCUT2D eigenvalue weighted by Crippen LogP contribution is -2.32. The highest BCUT2D eigenvalue weighted by molar-refractivity contribution is 7.09. The Kier molecular flexibility index (Phi) is 5.28. The average molecular weight is 355 g/mol. The normalized spacial score (nSPS) is 16.7. The summed E-state index contributed by atoms with van der Waals surface area (Å²) in [6, 6.07) is 7.45. The van der Waals surface area contributed by atoms with E-state index in [2.05, 4.69) is 22.3 Å². The number of likely N-dealkylation sites (tertiary alicyclic amines) is 1. The van der Waals surface area contributed by atoms with Crippen LogP contribution in [0.2, 0.25) is 0 Å². The molecule has 6 heteroatoms. The third-order valence-electron chi connectivity index (χ3n) is 4.29. The van der Waals surface area contributed by atoms with Crippen LogP contribution in [-0.4, -0.2) is 28.2 Å². The van der Waals surface area contributed by atoms with Crippen molar-refractivity contribution in [2.24, 2.45) is 0 Å². The third-order valence-corrected chi connectivity index (χ3v) is 5.08. The summed E-state index contributed by atoms with van der Waals surface area (Å²) < 4.78 is 0. The maximum absolute atomic E-state index is 12.8. The number of nitrogens with one attached hydrogen (secondary N) is 1. The fraction of sp³-hybridized carbons (Fsp3) is 0.316. The summed E-state index contributed by atoms with van der Waals surface area (Å²) in [4.78, 5) is 30.7. The van der Waals surface area contributed by atoms with Gasteiger partial charge in [0.2, 0.25) is 11.8 Å². The van der Waals surface area contributed by atoms with E-state index < -0.39 is 0 Å². The first-order valence-electron chi connectivity index (χ1n) is 8.30. The monoisotopic (exact) mass is 355 g/mol. The summed E-state index contributed by atoms with van der Waals surface area (Å²) in [6.07, 6.45) is 3.51. The molecule has 0 aliphatic carbocycles. The van der Waals surface area contributed by atoms with Gasteiger partial charge in [0.1, 0.15) is 0 Å². The molecule has 1 saturated heterocycles. The fourth-order valence-electron chi connectivity index (χ4n) is 3.13. The maximum atomic E-state index is 12.8. The van der Waals surface area contributed by atoms with Crippen molar-refractivity contribution in [1.82, 2.24) is 9.88 Å². The van der Waals surface area contributed by atoms with Gasteiger partial charge in [0.25, 0.3) is 0 Å². The van der Waals surface area contributed by atoms with Crippen molar-refractivity contribution in [3.05, 3.63) is 58.6 Å². The first-order chi connectivity index (χ1) is 12.1. The minimum atomic E-state index is -0.262. The topological polar surface area (TPSA) is 62.3 Å². The third kappa shape index (κ3) is 4.14. The van der Waals surface area contributed by atoms with Crippen LogP contribution in [0.4, 0.5) is 5.69 Å². The van der Waals surface area contributed by atoms with Crippen molar-refractivity contribution in [3.8, 4) is 0 Å². The second-order valence-electron chi connectivity index (χ2n) is 6.11. The molecule has 1 fully saturated rings. The number of aryl methyl sites for hydroxylation is 1. The number of aromatic nitrogens is 1. The number of rotatable bonds is 5. The lowest BCUT2D eigenvalue weighted by molar-refractivity contribution is -0.131. The molecule has 2 aromatic rings. The molecule has 2 heterocycles. The molecule has 1 aliphatic heterocycles. The molecule has 25 heavy (non-hydrogen) atoms. The van der Waals surface area contributed by atoms with Gasteiger partial charge in [-0.1, -0.05) is 18.7 Å². The molecule has 3 rings (SSSR count). The fourth-order valence-corrected chi connectivity index (χ4v) is 3.79. The zero-order valence-corrected chi connectivity index (χ0v) is 15.0. The van der Waals surface area contributed by atoms with Crippen LogP contribution in [0.1, 0.15) is 35.1 Å². The van der Waals surface area contributed by atoms with E-state index in [4.69, 9.17) is 0 Å². The molecule has 130 valence electrons. The van der Waals surface area contributed by atoms with Gasteiger partial charge in [-0.15, -0.1) is 11.3 Å². The van der Waals surface area contributed by atoms with Gasteiger partial charge in [-0.05, 0) is 43.5 Å². The lowest BCUT2D eigenvalue weighted by atomic mass is 10.1. The molecule has 0 unspecified atom stereocenters. The van der Waals surface area contributed by atoms with E-state index in [0.29, 0.717) is 12.1 Å². The Morgan fingerprint density at radius 1 is 1.48 bits per heavy atom. The predicted molar refractivity (Wildman–Crippen MR) is 99.5 cm³/mol. The van der Waals surface area contributed by atoms with E-state index in [0.717, 1.165) is 35.7 Å². The zero-order valence-electron chi connectivity index (χ0n) is 14.2. The number of anilines is 1. The minimum Gasteiger partial charge on any atom is -0.334 e. The number of thiazole rings is 1. The van der Waals surface area contributed by atoms with Crippen molar-refractivity contribution in [2.45, 2.75) is 32.2 Å². The molecule has 0 bridgehead atoms. The van der Waals surface area contributed by atoms with Crippen LogP contribution >= 0.6 is 11.3 Å². The highest BCUT2D eigenvalue weighted by Gasteiger charge is 2.31. The number of carbonyl (C=O) groups excluding carboxylic acids is 2. The number of nitrogens with zero attached hydrogens (tertiary/aromatic N) is 2. The molecule has 0 spiro atoms. The number of carbonyl (C=O) groups is 2. The zero-order chi connectivity index (χ0) is 17.8. The Morgan fingerprint density at radius 3 is 3.04 bits per heavy atom. The Balaban J connectivity index is 1.70. The number of amides is 2. The molecule has 5 nitrogen and oxygen atoms in total. The summed E-state index contributed by atoms with van der Waals surface area (Å²) in [6.45, 7) is 6.20. The minimum absolute atomic E-state index is 0.0844. The summed E-state index contributed by atoms with van der Waals surface area (Å²) >= 11 is 1.62. The summed E-state index contributed by atoms with van der Waals surface area (Å²) in [7, 11) is 0. The molecule has 1 atom stereocenters. The van der Waals surface area contributed by atoms with Gasteiger partial charge in [-0.25, -0.2) is 4.98 Å². The Morgan fingerprint density at radius 2 is 2.32 bits per heavy atom. The SMILES string of the molecule is C=CC(=O)Nc1cccc(CC(=O)N2CCC[C@@H]2c2csc(C)n2)c1. The van der Waals surface area contributed by atoms with Crippen LogP contribution in [0, 0.1) is 6.92 Å². The average Bonchev–Trinajstić information content (AvgIpc) is 3.23. The van der Waals surface area contributed by atoms with E-state index in [9.17, 15) is 9.59 Å².